The van der Waals surface area contributed by atoms with Crippen LogP contribution < -0.4 is 0 Å². The van der Waals surface area contributed by atoms with Gasteiger partial charge in [0.1, 0.15) is 0 Å². The Hall–Kier alpha value is -3.07. The van der Waals surface area contributed by atoms with Crippen LogP contribution in [0.15, 0.2) is 66.3 Å². The fourth-order valence-electron chi connectivity index (χ4n) is 3.10. The minimum absolute atomic E-state index is 0.0597. The topological polar surface area (TPSA) is 51.2 Å². The molecule has 22 heavy (non-hydrogen) atoms. The summed E-state index contributed by atoms with van der Waals surface area (Å²) < 4.78 is 0. The van der Waals surface area contributed by atoms with E-state index in [-0.39, 0.29) is 28.5 Å². The number of rotatable bonds is 0. The standard InChI is InChI=1S/C19H10O3/c1-10-15(11-6-2-3-7-12(11)17(10)20)16-18(21)13-8-4-5-9-14(13)19(16)22/h2-9H,1H2. The lowest BCUT2D eigenvalue weighted by atomic mass is 9.96. The second-order valence-electron chi connectivity index (χ2n) is 5.31. The van der Waals surface area contributed by atoms with Crippen LogP contribution in [0.4, 0.5) is 0 Å². The maximum absolute atomic E-state index is 12.6. The van der Waals surface area contributed by atoms with Crippen molar-refractivity contribution < 1.29 is 14.4 Å². The lowest BCUT2D eigenvalue weighted by molar-refractivity contribution is 0.0989. The monoisotopic (exact) mass is 286 g/mol. The summed E-state index contributed by atoms with van der Waals surface area (Å²) in [6.07, 6.45) is 0. The van der Waals surface area contributed by atoms with Gasteiger partial charge in [0.2, 0.25) is 0 Å². The Kier molecular flexibility index (Phi) is 2.42. The van der Waals surface area contributed by atoms with Gasteiger partial charge in [-0.25, -0.2) is 0 Å². The zero-order chi connectivity index (χ0) is 15.4. The molecule has 0 unspecified atom stereocenters. The number of carbonyl (C=O) groups excluding carboxylic acids is 3. The average molecular weight is 286 g/mol. The van der Waals surface area contributed by atoms with Gasteiger partial charge in [-0.3, -0.25) is 14.4 Å². The predicted molar refractivity (Wildman–Crippen MR) is 81.9 cm³/mol. The van der Waals surface area contributed by atoms with Gasteiger partial charge in [0.05, 0.1) is 5.57 Å². The summed E-state index contributed by atoms with van der Waals surface area (Å²) in [7, 11) is 0. The van der Waals surface area contributed by atoms with Crippen LogP contribution in [-0.2, 0) is 0 Å². The Balaban J connectivity index is 2.05. The average Bonchev–Trinajstić information content (AvgIpc) is 2.94. The second kappa shape index (κ2) is 4.21. The van der Waals surface area contributed by atoms with E-state index >= 15 is 0 Å². The number of ketones is 3. The molecule has 2 aliphatic carbocycles. The summed E-state index contributed by atoms with van der Waals surface area (Å²) >= 11 is 0. The van der Waals surface area contributed by atoms with Crippen LogP contribution in [0.3, 0.4) is 0 Å². The van der Waals surface area contributed by atoms with Gasteiger partial charge in [-0.15, -0.1) is 0 Å². The Labute approximate surface area is 126 Å². The number of Topliss-reactive ketones (excluding diaryl/α,β-unsaturated/α-hetero) is 3. The van der Waals surface area contributed by atoms with Crippen molar-refractivity contribution in [1.29, 1.82) is 0 Å². The summed E-state index contributed by atoms with van der Waals surface area (Å²) in [5, 5.41) is 0. The Morgan fingerprint density at radius 1 is 0.545 bits per heavy atom. The van der Waals surface area contributed by atoms with E-state index in [4.69, 9.17) is 0 Å². The third-order valence-corrected chi connectivity index (χ3v) is 4.14. The Bertz CT molecular complexity index is 908. The first-order chi connectivity index (χ1) is 10.6. The van der Waals surface area contributed by atoms with Gasteiger partial charge >= 0.3 is 0 Å². The van der Waals surface area contributed by atoms with Gasteiger partial charge in [-0.2, -0.15) is 0 Å². The highest BCUT2D eigenvalue weighted by Gasteiger charge is 2.40. The van der Waals surface area contributed by atoms with Crippen molar-refractivity contribution in [2.75, 3.05) is 0 Å². The van der Waals surface area contributed by atoms with E-state index in [1.165, 1.54) is 0 Å². The molecule has 0 N–H and O–H groups in total. The summed E-state index contributed by atoms with van der Waals surface area (Å²) in [4.78, 5) is 37.5. The van der Waals surface area contributed by atoms with Gasteiger partial charge in [0.25, 0.3) is 0 Å². The van der Waals surface area contributed by atoms with E-state index in [1.807, 2.05) is 0 Å². The van der Waals surface area contributed by atoms with Crippen LogP contribution in [0.25, 0.3) is 5.57 Å². The van der Waals surface area contributed by atoms with Crippen molar-refractivity contribution in [3.63, 3.8) is 0 Å². The first kappa shape index (κ1) is 12.7. The van der Waals surface area contributed by atoms with Gasteiger partial charge in [-0.1, -0.05) is 55.1 Å². The number of hydrogen-bond donors (Lipinski definition) is 0. The molecule has 0 saturated heterocycles. The van der Waals surface area contributed by atoms with E-state index in [0.717, 1.165) is 0 Å². The number of benzene rings is 2. The SMILES string of the molecule is C=C1C(=O)c2ccccc2C1=C1C(=O)c2ccccc2C1=O. The molecule has 0 fully saturated rings. The highest BCUT2D eigenvalue weighted by atomic mass is 16.2. The zero-order valence-corrected chi connectivity index (χ0v) is 11.6. The largest absolute Gasteiger partial charge is 0.289 e. The Morgan fingerprint density at radius 3 is 1.45 bits per heavy atom. The minimum atomic E-state index is -0.332. The predicted octanol–water partition coefficient (Wildman–Crippen LogP) is 3.27. The highest BCUT2D eigenvalue weighted by Crippen LogP contribution is 2.41. The van der Waals surface area contributed by atoms with Crippen molar-refractivity contribution in [3.05, 3.63) is 88.5 Å². The summed E-state index contributed by atoms with van der Waals surface area (Å²) in [6, 6.07) is 13.7. The number of hydrogen-bond acceptors (Lipinski definition) is 3. The second-order valence-corrected chi connectivity index (χ2v) is 5.31. The van der Waals surface area contributed by atoms with Crippen molar-refractivity contribution in [3.8, 4) is 0 Å². The molecule has 0 atom stereocenters. The zero-order valence-electron chi connectivity index (χ0n) is 11.6. The molecule has 3 nitrogen and oxygen atoms in total. The minimum Gasteiger partial charge on any atom is -0.289 e. The van der Waals surface area contributed by atoms with Crippen LogP contribution in [0, 0.1) is 0 Å². The molecule has 0 heterocycles. The maximum atomic E-state index is 12.6. The van der Waals surface area contributed by atoms with Gasteiger partial charge in [-0.05, 0) is 5.56 Å². The number of fused-ring (bicyclic) bond motifs is 2. The molecule has 2 aromatic carbocycles. The first-order valence-electron chi connectivity index (χ1n) is 6.87. The molecule has 0 amide bonds. The highest BCUT2D eigenvalue weighted by molar-refractivity contribution is 6.45. The third-order valence-electron chi connectivity index (χ3n) is 4.14. The van der Waals surface area contributed by atoms with Crippen LogP contribution in [0.5, 0.6) is 0 Å². The molecular formula is C19H10O3. The summed E-state index contributed by atoms with van der Waals surface area (Å²) in [5.41, 5.74) is 2.54. The molecule has 2 aliphatic rings. The van der Waals surface area contributed by atoms with Crippen LogP contribution in [0.1, 0.15) is 36.6 Å². The van der Waals surface area contributed by atoms with E-state index in [0.29, 0.717) is 27.8 Å². The fraction of sp³-hybridized carbons (Fsp3) is 0. The molecule has 4 rings (SSSR count). The van der Waals surface area contributed by atoms with Crippen LogP contribution in [-0.4, -0.2) is 17.3 Å². The molecular weight excluding hydrogens is 276 g/mol. The molecule has 2 aromatic rings. The molecule has 0 bridgehead atoms. The van der Waals surface area contributed by atoms with Crippen LogP contribution >= 0.6 is 0 Å². The lowest BCUT2D eigenvalue weighted by Crippen LogP contribution is -2.05. The number of allylic oxidation sites excluding steroid dienone is 3. The van der Waals surface area contributed by atoms with Crippen molar-refractivity contribution in [2.24, 2.45) is 0 Å². The van der Waals surface area contributed by atoms with E-state index in [1.54, 1.807) is 48.5 Å². The van der Waals surface area contributed by atoms with E-state index < -0.39 is 0 Å². The molecule has 3 heteroatoms. The van der Waals surface area contributed by atoms with Gasteiger partial charge in [0, 0.05) is 27.8 Å². The van der Waals surface area contributed by atoms with E-state index in [2.05, 4.69) is 6.58 Å². The first-order valence-corrected chi connectivity index (χ1v) is 6.87. The summed E-state index contributed by atoms with van der Waals surface area (Å²) in [6.45, 7) is 3.80. The quantitative estimate of drug-likeness (QED) is 0.551. The normalized spacial score (nSPS) is 16.4. The molecule has 0 radical (unpaired) electrons. The van der Waals surface area contributed by atoms with Crippen molar-refractivity contribution >= 4 is 22.9 Å². The van der Waals surface area contributed by atoms with Crippen molar-refractivity contribution in [2.45, 2.75) is 0 Å². The smallest absolute Gasteiger partial charge is 0.198 e. The third kappa shape index (κ3) is 1.42. The fourth-order valence-corrected chi connectivity index (χ4v) is 3.10. The molecule has 0 aliphatic heterocycles. The van der Waals surface area contributed by atoms with Crippen LogP contribution in [0.2, 0.25) is 0 Å². The molecule has 104 valence electrons. The van der Waals surface area contributed by atoms with E-state index in [9.17, 15) is 14.4 Å². The van der Waals surface area contributed by atoms with Gasteiger partial charge < -0.3 is 0 Å². The summed E-state index contributed by atoms with van der Waals surface area (Å²) in [5.74, 6) is -0.892. The maximum Gasteiger partial charge on any atom is 0.198 e. The van der Waals surface area contributed by atoms with Crippen molar-refractivity contribution in [1.82, 2.24) is 0 Å². The Morgan fingerprint density at radius 2 is 0.955 bits per heavy atom. The lowest BCUT2D eigenvalue weighted by Gasteiger charge is -2.04. The molecule has 0 aromatic heterocycles. The molecule has 0 saturated carbocycles. The molecule has 0 spiro atoms. The van der Waals surface area contributed by atoms with Gasteiger partial charge in [0.15, 0.2) is 17.3 Å². The number of carbonyl (C=O) groups is 3.